The van der Waals surface area contributed by atoms with E-state index in [9.17, 15) is 19.2 Å². The minimum absolute atomic E-state index is 0.0128. The number of aryl methyl sites for hydroxylation is 1. The first-order chi connectivity index (χ1) is 21.8. The molecule has 8 nitrogen and oxygen atoms in total. The molecule has 45 heavy (non-hydrogen) atoms. The Morgan fingerprint density at radius 1 is 1.00 bits per heavy atom. The molecular formula is C34H28ClN3O5S2. The van der Waals surface area contributed by atoms with Gasteiger partial charge in [-0.25, -0.2) is 0 Å². The fraction of sp³-hybridized carbons (Fsp3) is 0.294. The Morgan fingerprint density at radius 2 is 1.73 bits per heavy atom. The van der Waals surface area contributed by atoms with Crippen LogP contribution >= 0.6 is 34.7 Å². The van der Waals surface area contributed by atoms with Gasteiger partial charge in [-0.2, -0.15) is 0 Å². The highest BCUT2D eigenvalue weighted by Crippen LogP contribution is 2.69. The zero-order valence-corrected chi connectivity index (χ0v) is 26.5. The van der Waals surface area contributed by atoms with Crippen LogP contribution in [0.3, 0.4) is 0 Å². The number of benzene rings is 3. The van der Waals surface area contributed by atoms with Crippen LogP contribution in [0.2, 0.25) is 5.02 Å². The summed E-state index contributed by atoms with van der Waals surface area (Å²) in [6, 6.07) is 22.0. The third-order valence-corrected chi connectivity index (χ3v) is 12.6. The lowest BCUT2D eigenvalue weighted by atomic mass is 9.68. The molecule has 228 valence electrons. The van der Waals surface area contributed by atoms with E-state index in [0.29, 0.717) is 22.1 Å². The van der Waals surface area contributed by atoms with E-state index in [1.807, 2.05) is 55.5 Å². The number of hydrogen-bond acceptors (Lipinski definition) is 7. The first-order valence-corrected chi connectivity index (χ1v) is 17.0. The number of rotatable bonds is 6. The topological polar surface area (TPSA) is 109 Å². The third-order valence-electron chi connectivity index (χ3n) is 9.74. The van der Waals surface area contributed by atoms with E-state index in [0.717, 1.165) is 38.8 Å². The lowest BCUT2D eigenvalue weighted by Crippen LogP contribution is -2.42. The van der Waals surface area contributed by atoms with Crippen molar-refractivity contribution in [1.82, 2.24) is 4.98 Å². The second kappa shape index (κ2) is 10.9. The summed E-state index contributed by atoms with van der Waals surface area (Å²) in [6.07, 6.45) is 0.767. The number of H-pyrrole nitrogens is 1. The van der Waals surface area contributed by atoms with E-state index in [1.165, 1.54) is 4.90 Å². The molecule has 1 saturated heterocycles. The number of thioether (sulfide) groups is 1. The lowest BCUT2D eigenvalue weighted by Gasteiger charge is -2.43. The second-order valence-corrected chi connectivity index (χ2v) is 14.8. The van der Waals surface area contributed by atoms with Gasteiger partial charge in [0.25, 0.3) is 5.91 Å². The molecule has 3 heterocycles. The van der Waals surface area contributed by atoms with Crippen LogP contribution in [0.25, 0.3) is 0 Å². The van der Waals surface area contributed by atoms with Gasteiger partial charge in [-0.3, -0.25) is 24.1 Å². The van der Waals surface area contributed by atoms with Gasteiger partial charge in [0.15, 0.2) is 6.61 Å². The van der Waals surface area contributed by atoms with E-state index in [2.05, 4.69) is 10.3 Å². The van der Waals surface area contributed by atoms with Gasteiger partial charge in [0, 0.05) is 32.3 Å². The maximum atomic E-state index is 14.0. The highest BCUT2D eigenvalue weighted by atomic mass is 35.5. The third kappa shape index (κ3) is 4.64. The molecule has 2 saturated carbocycles. The van der Waals surface area contributed by atoms with Crippen molar-refractivity contribution in [2.75, 3.05) is 16.8 Å². The van der Waals surface area contributed by atoms with E-state index in [-0.39, 0.29) is 64.0 Å². The number of aromatic nitrogens is 1. The van der Waals surface area contributed by atoms with Crippen LogP contribution in [0.1, 0.15) is 28.3 Å². The van der Waals surface area contributed by atoms with Crippen LogP contribution in [0.4, 0.5) is 11.4 Å². The number of amides is 3. The lowest BCUT2D eigenvalue weighted by molar-refractivity contribution is -0.123. The fourth-order valence-corrected chi connectivity index (χ4v) is 11.1. The number of fused-ring (bicyclic) bond motifs is 9. The molecule has 2 aliphatic carbocycles. The van der Waals surface area contributed by atoms with E-state index in [4.69, 9.17) is 16.3 Å². The smallest absolute Gasteiger partial charge is 0.305 e. The van der Waals surface area contributed by atoms with Crippen LogP contribution in [0.5, 0.6) is 5.75 Å². The number of nitrogens with one attached hydrogen (secondary N) is 2. The first kappa shape index (κ1) is 28.6. The Hall–Kier alpha value is -3.86. The number of carbonyl (C=O) groups is 3. The normalized spacial score (nSPS) is 27.7. The number of hydrogen-bond donors (Lipinski definition) is 2. The highest BCUT2D eigenvalue weighted by molar-refractivity contribution is 8.00. The van der Waals surface area contributed by atoms with Crippen molar-refractivity contribution in [1.29, 1.82) is 0 Å². The average molecular weight is 658 g/mol. The molecule has 11 heteroatoms. The Balaban J connectivity index is 1.15. The number of thiazole rings is 1. The molecule has 2 aliphatic heterocycles. The maximum absolute atomic E-state index is 14.0. The summed E-state index contributed by atoms with van der Waals surface area (Å²) in [4.78, 5) is 58.6. The Kier molecular flexibility index (Phi) is 6.92. The zero-order valence-electron chi connectivity index (χ0n) is 24.1. The second-order valence-electron chi connectivity index (χ2n) is 12.2. The zero-order chi connectivity index (χ0) is 31.0. The average Bonchev–Trinajstić information content (AvgIpc) is 3.76. The molecule has 2 bridgehead atoms. The first-order valence-electron chi connectivity index (χ1n) is 14.9. The Bertz CT molecular complexity index is 1910. The molecule has 3 amide bonds. The maximum Gasteiger partial charge on any atom is 0.305 e. The van der Waals surface area contributed by atoms with Crippen molar-refractivity contribution >= 4 is 63.8 Å². The molecule has 1 aromatic heterocycles. The van der Waals surface area contributed by atoms with E-state index >= 15 is 0 Å². The molecule has 3 aromatic carbocycles. The number of aromatic amines is 1. The fourth-order valence-electron chi connectivity index (χ4n) is 8.07. The number of para-hydroxylation sites is 1. The van der Waals surface area contributed by atoms with Gasteiger partial charge < -0.3 is 15.0 Å². The van der Waals surface area contributed by atoms with Gasteiger partial charge in [-0.05, 0) is 73.6 Å². The number of imide groups is 1. The van der Waals surface area contributed by atoms with Crippen LogP contribution < -0.4 is 19.8 Å². The van der Waals surface area contributed by atoms with Crippen LogP contribution in [-0.4, -0.2) is 34.6 Å². The summed E-state index contributed by atoms with van der Waals surface area (Å²) >= 11 is 9.37. The van der Waals surface area contributed by atoms with Crippen LogP contribution in [-0.2, 0) is 14.4 Å². The Labute approximate surface area is 272 Å². The molecule has 7 atom stereocenters. The predicted molar refractivity (Wildman–Crippen MR) is 174 cm³/mol. The summed E-state index contributed by atoms with van der Waals surface area (Å²) in [5.41, 5.74) is 3.11. The minimum atomic E-state index is -0.425. The monoisotopic (exact) mass is 657 g/mol. The number of ether oxygens (including phenoxy) is 1. The molecule has 3 fully saturated rings. The van der Waals surface area contributed by atoms with Crippen molar-refractivity contribution in [3.8, 4) is 5.75 Å². The number of carbonyl (C=O) groups excluding carboxylic acids is 3. The van der Waals surface area contributed by atoms with Crippen molar-refractivity contribution in [2.45, 2.75) is 29.5 Å². The van der Waals surface area contributed by atoms with Crippen LogP contribution in [0.15, 0.2) is 82.6 Å². The molecule has 4 aromatic rings. The molecule has 4 aliphatic rings. The molecule has 0 unspecified atom stereocenters. The molecular weight excluding hydrogens is 630 g/mol. The molecule has 0 radical (unpaired) electrons. The SMILES string of the molecule is Cc1ccc(N2C(=O)[C@H]3[C@H]4C[C@@H]([C@@H]3C2=O)[C@@H]2[C@H](c3cc(Cl)ccc3OCC(=O)Nc3ccccc3)c3sc(=O)[nH]c3S[C@H]42)cc1. The van der Waals surface area contributed by atoms with Gasteiger partial charge in [-0.1, -0.05) is 58.8 Å². The van der Waals surface area contributed by atoms with E-state index < -0.39 is 5.92 Å². The summed E-state index contributed by atoms with van der Waals surface area (Å²) in [6.45, 7) is 1.76. The Morgan fingerprint density at radius 3 is 2.49 bits per heavy atom. The minimum Gasteiger partial charge on any atom is -0.483 e. The summed E-state index contributed by atoms with van der Waals surface area (Å²) in [5, 5.41) is 4.15. The quantitative estimate of drug-likeness (QED) is 0.243. The number of halogens is 1. The van der Waals surface area contributed by atoms with E-state index in [1.54, 1.807) is 36.0 Å². The standard InChI is InChI=1S/C34H28ClN3O5S2/c1-16-7-10-19(11-8-16)38-32(40)27-21-14-22(28(27)33(38)41)29-26(21)25(30-31(44-29)37-34(42)45-30)20-13-17(35)9-12-23(20)43-15-24(39)36-18-5-3-2-4-6-18/h2-13,21-22,25-29H,14-15H2,1H3,(H,36,39)(H,37,42)/t21-,22-,25+,26-,27+,28+,29-/m1/s1. The highest BCUT2D eigenvalue weighted by Gasteiger charge is 2.69. The van der Waals surface area contributed by atoms with Crippen molar-refractivity contribution in [2.24, 2.45) is 29.6 Å². The van der Waals surface area contributed by atoms with Gasteiger partial charge in [-0.15, -0.1) is 11.8 Å². The molecule has 2 N–H and O–H groups in total. The van der Waals surface area contributed by atoms with Gasteiger partial charge >= 0.3 is 4.87 Å². The van der Waals surface area contributed by atoms with Crippen molar-refractivity contribution < 1.29 is 19.1 Å². The summed E-state index contributed by atoms with van der Waals surface area (Å²) < 4.78 is 6.15. The molecule has 0 spiro atoms. The van der Waals surface area contributed by atoms with Gasteiger partial charge in [0.05, 0.1) is 22.5 Å². The van der Waals surface area contributed by atoms with Crippen LogP contribution in [0, 0.1) is 36.5 Å². The van der Waals surface area contributed by atoms with Gasteiger partial charge in [0.1, 0.15) is 5.75 Å². The number of nitrogens with zero attached hydrogens (tertiary/aromatic N) is 1. The largest absolute Gasteiger partial charge is 0.483 e. The predicted octanol–water partition coefficient (Wildman–Crippen LogP) is 6.09. The van der Waals surface area contributed by atoms with Gasteiger partial charge in [0.2, 0.25) is 11.8 Å². The molecule has 8 rings (SSSR count). The van der Waals surface area contributed by atoms with Crippen molar-refractivity contribution in [3.05, 3.63) is 103 Å². The van der Waals surface area contributed by atoms with Crippen molar-refractivity contribution in [3.63, 3.8) is 0 Å². The summed E-state index contributed by atoms with van der Waals surface area (Å²) in [7, 11) is 0. The summed E-state index contributed by atoms with van der Waals surface area (Å²) in [5.74, 6) is -1.29. The number of anilines is 2.